The van der Waals surface area contributed by atoms with Gasteiger partial charge in [0.15, 0.2) is 5.96 Å². The molecule has 166 valence electrons. The number of rotatable bonds is 12. The van der Waals surface area contributed by atoms with E-state index < -0.39 is 10.0 Å². The number of sulfonamides is 1. The quantitative estimate of drug-likeness (QED) is 0.353. The molecule has 1 rings (SSSR count). The number of aliphatic hydroxyl groups excluding tert-OH is 1. The van der Waals surface area contributed by atoms with E-state index in [1.807, 2.05) is 20.8 Å². The van der Waals surface area contributed by atoms with Crippen LogP contribution in [0, 0.1) is 5.92 Å². The molecule has 1 unspecified atom stereocenters. The smallest absolute Gasteiger partial charge is 0.243 e. The summed E-state index contributed by atoms with van der Waals surface area (Å²) >= 11 is 0. The maximum atomic E-state index is 12.6. The number of nitrogens with zero attached hydrogens (tertiary/aromatic N) is 2. The predicted octanol–water partition coefficient (Wildman–Crippen LogP) is 2.57. The van der Waals surface area contributed by atoms with E-state index in [1.54, 1.807) is 31.3 Å². The lowest BCUT2D eigenvalue weighted by Gasteiger charge is -2.21. The fraction of sp³-hybridized carbons (Fsp3) is 0.667. The van der Waals surface area contributed by atoms with Gasteiger partial charge in [0.2, 0.25) is 10.0 Å². The van der Waals surface area contributed by atoms with Gasteiger partial charge in [-0.15, -0.1) is 0 Å². The van der Waals surface area contributed by atoms with E-state index in [9.17, 15) is 13.5 Å². The van der Waals surface area contributed by atoms with Gasteiger partial charge in [0.25, 0.3) is 0 Å². The first-order chi connectivity index (χ1) is 13.8. The summed E-state index contributed by atoms with van der Waals surface area (Å²) in [4.78, 5) is 4.89. The summed E-state index contributed by atoms with van der Waals surface area (Å²) in [5, 5.41) is 15.8. The predicted molar refractivity (Wildman–Crippen MR) is 119 cm³/mol. The molecule has 0 aromatic heterocycles. The molecular weight excluding hydrogens is 388 g/mol. The van der Waals surface area contributed by atoms with Crippen LogP contribution in [0.3, 0.4) is 0 Å². The van der Waals surface area contributed by atoms with Gasteiger partial charge in [0, 0.05) is 32.8 Å². The molecule has 8 heteroatoms. The molecule has 0 saturated heterocycles. The Kier molecular flexibility index (Phi) is 11.2. The van der Waals surface area contributed by atoms with Gasteiger partial charge in [-0.2, -0.15) is 4.31 Å². The zero-order chi connectivity index (χ0) is 21.9. The van der Waals surface area contributed by atoms with Gasteiger partial charge >= 0.3 is 0 Å². The molecule has 0 aliphatic rings. The molecule has 3 N–H and O–H groups in total. The Labute approximate surface area is 176 Å². The Morgan fingerprint density at radius 1 is 1.14 bits per heavy atom. The molecule has 0 aliphatic carbocycles. The molecule has 1 aromatic rings. The number of benzene rings is 1. The molecule has 1 atom stereocenters. The van der Waals surface area contributed by atoms with E-state index in [1.165, 1.54) is 4.31 Å². The Balaban J connectivity index is 2.79. The molecule has 0 spiro atoms. The molecule has 0 fully saturated rings. The highest BCUT2D eigenvalue weighted by Crippen LogP contribution is 2.17. The number of hydrogen-bond acceptors (Lipinski definition) is 4. The first kappa shape index (κ1) is 25.4. The number of guanidine groups is 1. The highest BCUT2D eigenvalue weighted by Gasteiger charge is 2.22. The third-order valence-corrected chi connectivity index (χ3v) is 6.93. The SMILES string of the molecule is CCCC(CCO)CNC(=NCc1ccc(S(=O)(=O)N(C)C(C)C)cc1)NCC. The summed E-state index contributed by atoms with van der Waals surface area (Å²) in [6, 6.07) is 6.79. The molecule has 29 heavy (non-hydrogen) atoms. The molecule has 7 nitrogen and oxygen atoms in total. The highest BCUT2D eigenvalue weighted by atomic mass is 32.2. The van der Waals surface area contributed by atoms with Gasteiger partial charge in [-0.05, 0) is 57.2 Å². The lowest BCUT2D eigenvalue weighted by Crippen LogP contribution is -2.40. The van der Waals surface area contributed by atoms with Crippen molar-refractivity contribution in [3.05, 3.63) is 29.8 Å². The summed E-state index contributed by atoms with van der Waals surface area (Å²) in [5.41, 5.74) is 0.939. The van der Waals surface area contributed by atoms with Crippen LogP contribution in [0.4, 0.5) is 0 Å². The first-order valence-electron chi connectivity index (χ1n) is 10.5. The van der Waals surface area contributed by atoms with Crippen LogP contribution in [0.1, 0.15) is 52.5 Å². The fourth-order valence-electron chi connectivity index (χ4n) is 2.90. The van der Waals surface area contributed by atoms with Crippen molar-refractivity contribution in [3.63, 3.8) is 0 Å². The first-order valence-corrected chi connectivity index (χ1v) is 11.9. The normalized spacial score (nSPS) is 13.7. The van der Waals surface area contributed by atoms with Crippen molar-refractivity contribution in [2.24, 2.45) is 10.9 Å². The average Bonchev–Trinajstić information content (AvgIpc) is 2.69. The molecule has 0 radical (unpaired) electrons. The Morgan fingerprint density at radius 3 is 2.31 bits per heavy atom. The number of aliphatic hydroxyl groups is 1. The van der Waals surface area contributed by atoms with Crippen LogP contribution in [0.25, 0.3) is 0 Å². The van der Waals surface area contributed by atoms with Crippen molar-refractivity contribution in [2.45, 2.75) is 64.4 Å². The second-order valence-electron chi connectivity index (χ2n) is 7.50. The van der Waals surface area contributed by atoms with Gasteiger partial charge < -0.3 is 15.7 Å². The zero-order valence-corrected chi connectivity index (χ0v) is 19.3. The van der Waals surface area contributed by atoms with E-state index in [0.29, 0.717) is 12.5 Å². The summed E-state index contributed by atoms with van der Waals surface area (Å²) < 4.78 is 26.5. The molecule has 1 aromatic carbocycles. The van der Waals surface area contributed by atoms with Gasteiger partial charge in [0.05, 0.1) is 11.4 Å². The van der Waals surface area contributed by atoms with Crippen molar-refractivity contribution in [3.8, 4) is 0 Å². The summed E-state index contributed by atoms with van der Waals surface area (Å²) in [5.74, 6) is 1.14. The van der Waals surface area contributed by atoms with E-state index in [-0.39, 0.29) is 17.5 Å². The second kappa shape index (κ2) is 12.8. The van der Waals surface area contributed by atoms with E-state index >= 15 is 0 Å². The fourth-order valence-corrected chi connectivity index (χ4v) is 4.27. The highest BCUT2D eigenvalue weighted by molar-refractivity contribution is 7.89. The van der Waals surface area contributed by atoms with E-state index in [2.05, 4.69) is 22.5 Å². The summed E-state index contributed by atoms with van der Waals surface area (Å²) in [6.45, 7) is 10.0. The summed E-state index contributed by atoms with van der Waals surface area (Å²) in [7, 11) is -1.88. The third kappa shape index (κ3) is 8.32. The van der Waals surface area contributed by atoms with Gasteiger partial charge in [-0.1, -0.05) is 25.5 Å². The molecule has 0 saturated carbocycles. The van der Waals surface area contributed by atoms with Crippen LogP contribution in [-0.2, 0) is 16.6 Å². The van der Waals surface area contributed by atoms with E-state index in [0.717, 1.165) is 43.9 Å². The lowest BCUT2D eigenvalue weighted by atomic mass is 10.0. The maximum absolute atomic E-state index is 12.6. The molecule has 0 aliphatic heterocycles. The number of hydrogen-bond donors (Lipinski definition) is 3. The van der Waals surface area contributed by atoms with Crippen LogP contribution >= 0.6 is 0 Å². The average molecular weight is 427 g/mol. The van der Waals surface area contributed by atoms with Crippen LogP contribution in [0.2, 0.25) is 0 Å². The maximum Gasteiger partial charge on any atom is 0.243 e. The van der Waals surface area contributed by atoms with Crippen molar-refractivity contribution < 1.29 is 13.5 Å². The standard InChI is InChI=1S/C21H38N4O3S/c1-6-8-18(13-14-26)15-23-21(22-7-2)24-16-19-9-11-20(12-10-19)29(27,28)25(5)17(3)4/h9-12,17-18,26H,6-8,13-16H2,1-5H3,(H2,22,23,24). The minimum Gasteiger partial charge on any atom is -0.396 e. The Hall–Kier alpha value is -1.64. The Morgan fingerprint density at radius 2 is 1.79 bits per heavy atom. The summed E-state index contributed by atoms with van der Waals surface area (Å²) in [6.07, 6.45) is 2.93. The Bertz CT molecular complexity index is 712. The van der Waals surface area contributed by atoms with Crippen molar-refractivity contribution in [2.75, 3.05) is 26.7 Å². The van der Waals surface area contributed by atoms with Crippen LogP contribution < -0.4 is 10.6 Å². The van der Waals surface area contributed by atoms with Gasteiger partial charge in [-0.25, -0.2) is 13.4 Å². The molecule has 0 bridgehead atoms. The molecule has 0 amide bonds. The second-order valence-corrected chi connectivity index (χ2v) is 9.50. The van der Waals surface area contributed by atoms with Gasteiger partial charge in [0.1, 0.15) is 0 Å². The van der Waals surface area contributed by atoms with E-state index in [4.69, 9.17) is 0 Å². The van der Waals surface area contributed by atoms with Gasteiger partial charge in [-0.3, -0.25) is 0 Å². The monoisotopic (exact) mass is 426 g/mol. The van der Waals surface area contributed by atoms with Crippen molar-refractivity contribution in [1.82, 2.24) is 14.9 Å². The third-order valence-electron chi connectivity index (χ3n) is 4.88. The largest absolute Gasteiger partial charge is 0.396 e. The minimum atomic E-state index is -3.47. The van der Waals surface area contributed by atoms with Crippen molar-refractivity contribution >= 4 is 16.0 Å². The van der Waals surface area contributed by atoms with Crippen LogP contribution in [-0.4, -0.2) is 56.6 Å². The lowest BCUT2D eigenvalue weighted by molar-refractivity contribution is 0.251. The molecular formula is C21H38N4O3S. The zero-order valence-electron chi connectivity index (χ0n) is 18.5. The van der Waals surface area contributed by atoms with Crippen LogP contribution in [0.15, 0.2) is 34.2 Å². The topological polar surface area (TPSA) is 94.0 Å². The molecule has 0 heterocycles. The minimum absolute atomic E-state index is 0.0969. The number of aliphatic imine (C=N–C) groups is 1. The van der Waals surface area contributed by atoms with Crippen LogP contribution in [0.5, 0.6) is 0 Å². The van der Waals surface area contributed by atoms with Crippen molar-refractivity contribution in [1.29, 1.82) is 0 Å². The number of nitrogens with one attached hydrogen (secondary N) is 2.